The minimum Gasteiger partial charge on any atom is -0.440 e. The van der Waals surface area contributed by atoms with Crippen molar-refractivity contribution in [1.29, 1.82) is 0 Å². The molecule has 3 heteroatoms. The van der Waals surface area contributed by atoms with E-state index in [9.17, 15) is 0 Å². The molecule has 0 aliphatic carbocycles. The number of para-hydroxylation sites is 1. The molecule has 0 fully saturated rings. The van der Waals surface area contributed by atoms with Crippen LogP contribution in [-0.4, -0.2) is 17.8 Å². The van der Waals surface area contributed by atoms with Crippen molar-refractivity contribution < 1.29 is 4.74 Å². The van der Waals surface area contributed by atoms with Crippen LogP contribution in [-0.2, 0) is 0 Å². The Labute approximate surface area is 117 Å². The Morgan fingerprint density at radius 2 is 1.74 bits per heavy atom. The van der Waals surface area contributed by atoms with Crippen molar-refractivity contribution in [1.82, 2.24) is 4.90 Å². The molecular formula is C16H15NOS. The predicted octanol–water partition coefficient (Wildman–Crippen LogP) is 4.17. The van der Waals surface area contributed by atoms with E-state index in [4.69, 9.17) is 4.74 Å². The van der Waals surface area contributed by atoms with E-state index in [1.54, 1.807) is 11.8 Å². The van der Waals surface area contributed by atoms with Gasteiger partial charge in [-0.25, -0.2) is 0 Å². The first-order valence-corrected chi connectivity index (χ1v) is 7.25. The molecular weight excluding hydrogens is 254 g/mol. The first kappa shape index (κ1) is 12.2. The van der Waals surface area contributed by atoms with Crippen molar-refractivity contribution in [2.45, 2.75) is 0 Å². The normalized spacial score (nSPS) is 14.4. The number of benzene rings is 2. The van der Waals surface area contributed by atoms with Crippen LogP contribution in [0.15, 0.2) is 65.9 Å². The zero-order chi connectivity index (χ0) is 13.1. The molecule has 0 unspecified atom stereocenters. The number of thioether (sulfide) groups is 1. The number of hydrogen-bond acceptors (Lipinski definition) is 3. The summed E-state index contributed by atoms with van der Waals surface area (Å²) in [5, 5.41) is 2.06. The van der Waals surface area contributed by atoms with E-state index >= 15 is 0 Å². The van der Waals surface area contributed by atoms with E-state index in [1.807, 2.05) is 43.4 Å². The van der Waals surface area contributed by atoms with E-state index in [2.05, 4.69) is 28.5 Å². The van der Waals surface area contributed by atoms with Gasteiger partial charge in [-0.3, -0.25) is 0 Å². The van der Waals surface area contributed by atoms with Gasteiger partial charge in [-0.15, -0.1) is 11.8 Å². The van der Waals surface area contributed by atoms with E-state index in [0.29, 0.717) is 0 Å². The third kappa shape index (κ3) is 2.61. The van der Waals surface area contributed by atoms with Crippen molar-refractivity contribution in [2.75, 3.05) is 12.9 Å². The van der Waals surface area contributed by atoms with Crippen molar-refractivity contribution in [2.24, 2.45) is 0 Å². The molecule has 1 aliphatic heterocycles. The Morgan fingerprint density at radius 3 is 2.47 bits per heavy atom. The highest BCUT2D eigenvalue weighted by atomic mass is 32.2. The van der Waals surface area contributed by atoms with E-state index < -0.39 is 0 Å². The maximum absolute atomic E-state index is 6.04. The van der Waals surface area contributed by atoms with Gasteiger partial charge in [0.25, 0.3) is 0 Å². The van der Waals surface area contributed by atoms with E-state index in [1.165, 1.54) is 5.56 Å². The van der Waals surface area contributed by atoms with Gasteiger partial charge in [0.1, 0.15) is 5.75 Å². The van der Waals surface area contributed by atoms with Crippen molar-refractivity contribution >= 4 is 11.8 Å². The summed E-state index contributed by atoms with van der Waals surface area (Å²) >= 11 is 1.75. The second kappa shape index (κ2) is 5.41. The summed E-state index contributed by atoms with van der Waals surface area (Å²) in [5.41, 5.74) is 2.29. The molecule has 3 rings (SSSR count). The molecule has 0 N–H and O–H groups in total. The summed E-state index contributed by atoms with van der Waals surface area (Å²) in [4.78, 5) is 2.10. The van der Waals surface area contributed by atoms with Crippen molar-refractivity contribution in [3.8, 4) is 16.9 Å². The van der Waals surface area contributed by atoms with Crippen LogP contribution in [0.5, 0.6) is 5.75 Å². The van der Waals surface area contributed by atoms with Crippen LogP contribution >= 0.6 is 11.8 Å². The molecule has 0 bridgehead atoms. The Kier molecular flexibility index (Phi) is 3.47. The van der Waals surface area contributed by atoms with Crippen LogP contribution in [0.2, 0.25) is 0 Å². The van der Waals surface area contributed by atoms with Gasteiger partial charge in [0.15, 0.2) is 0 Å². The van der Waals surface area contributed by atoms with Gasteiger partial charge in [0.2, 0.25) is 5.88 Å². The smallest absolute Gasteiger partial charge is 0.202 e. The molecule has 0 atom stereocenters. The maximum atomic E-state index is 6.04. The van der Waals surface area contributed by atoms with Gasteiger partial charge in [0, 0.05) is 18.0 Å². The van der Waals surface area contributed by atoms with Crippen LogP contribution in [0.3, 0.4) is 0 Å². The average molecular weight is 269 g/mol. The molecule has 2 nitrogen and oxygen atoms in total. The van der Waals surface area contributed by atoms with Crippen LogP contribution in [0.1, 0.15) is 0 Å². The zero-order valence-electron chi connectivity index (χ0n) is 10.7. The molecule has 96 valence electrons. The lowest BCUT2D eigenvalue weighted by Crippen LogP contribution is -2.16. The highest BCUT2D eigenvalue weighted by Crippen LogP contribution is 2.33. The van der Waals surface area contributed by atoms with Crippen LogP contribution in [0, 0.1) is 0 Å². The second-order valence-electron chi connectivity index (χ2n) is 4.41. The van der Waals surface area contributed by atoms with Crippen molar-refractivity contribution in [3.05, 3.63) is 65.9 Å². The molecule has 0 aromatic heterocycles. The predicted molar refractivity (Wildman–Crippen MR) is 80.8 cm³/mol. The summed E-state index contributed by atoms with van der Waals surface area (Å²) < 4.78 is 6.04. The molecule has 2 aromatic rings. The van der Waals surface area contributed by atoms with Gasteiger partial charge in [-0.05, 0) is 11.6 Å². The molecule has 1 aliphatic rings. The molecule has 1 heterocycles. The standard InChI is InChI=1S/C16H15NOS/c1-17-12-19-11-16(17)18-15-10-6-5-9-14(15)13-7-3-2-4-8-13/h2-11H,12H2,1H3. The van der Waals surface area contributed by atoms with Crippen LogP contribution in [0.4, 0.5) is 0 Å². The summed E-state index contributed by atoms with van der Waals surface area (Å²) in [6, 6.07) is 18.5. The minimum atomic E-state index is 0.898. The molecule has 0 saturated heterocycles. The Balaban J connectivity index is 1.94. The molecule has 0 radical (unpaired) electrons. The van der Waals surface area contributed by atoms with E-state index in [0.717, 1.165) is 23.1 Å². The fourth-order valence-electron chi connectivity index (χ4n) is 2.00. The third-order valence-corrected chi connectivity index (χ3v) is 3.92. The zero-order valence-corrected chi connectivity index (χ0v) is 11.6. The Morgan fingerprint density at radius 1 is 1.00 bits per heavy atom. The van der Waals surface area contributed by atoms with Gasteiger partial charge < -0.3 is 9.64 Å². The van der Waals surface area contributed by atoms with Gasteiger partial charge in [-0.2, -0.15) is 0 Å². The number of rotatable bonds is 3. The largest absolute Gasteiger partial charge is 0.440 e. The lowest BCUT2D eigenvalue weighted by Gasteiger charge is -2.17. The average Bonchev–Trinajstić information content (AvgIpc) is 2.86. The lowest BCUT2D eigenvalue weighted by molar-refractivity contribution is 0.282. The Hall–Kier alpha value is -1.87. The molecule has 0 spiro atoms. The highest BCUT2D eigenvalue weighted by molar-refractivity contribution is 8.02. The summed E-state index contributed by atoms with van der Waals surface area (Å²) in [7, 11) is 2.04. The van der Waals surface area contributed by atoms with Crippen LogP contribution in [0.25, 0.3) is 11.1 Å². The fraction of sp³-hybridized carbons (Fsp3) is 0.125. The number of hydrogen-bond donors (Lipinski definition) is 0. The molecule has 0 amide bonds. The fourth-order valence-corrected chi connectivity index (χ4v) is 2.80. The minimum absolute atomic E-state index is 0.898. The monoisotopic (exact) mass is 269 g/mol. The van der Waals surface area contributed by atoms with Gasteiger partial charge in [0.05, 0.1) is 5.88 Å². The molecule has 2 aromatic carbocycles. The summed E-state index contributed by atoms with van der Waals surface area (Å²) in [6.07, 6.45) is 0. The first-order chi connectivity index (χ1) is 9.34. The topological polar surface area (TPSA) is 12.5 Å². The quantitative estimate of drug-likeness (QED) is 0.830. The van der Waals surface area contributed by atoms with Crippen LogP contribution < -0.4 is 4.74 Å². The van der Waals surface area contributed by atoms with Crippen molar-refractivity contribution in [3.63, 3.8) is 0 Å². The SMILES string of the molecule is CN1CSC=C1Oc1ccccc1-c1ccccc1. The van der Waals surface area contributed by atoms with E-state index in [-0.39, 0.29) is 0 Å². The third-order valence-electron chi connectivity index (χ3n) is 3.01. The number of nitrogens with zero attached hydrogens (tertiary/aromatic N) is 1. The van der Waals surface area contributed by atoms with Gasteiger partial charge in [-0.1, -0.05) is 48.5 Å². The Bertz CT molecular complexity index is 595. The summed E-state index contributed by atoms with van der Waals surface area (Å²) in [5.74, 6) is 2.76. The maximum Gasteiger partial charge on any atom is 0.202 e. The molecule has 0 saturated carbocycles. The second-order valence-corrected chi connectivity index (χ2v) is 5.24. The molecule has 19 heavy (non-hydrogen) atoms. The highest BCUT2D eigenvalue weighted by Gasteiger charge is 2.15. The first-order valence-electron chi connectivity index (χ1n) is 6.20. The summed E-state index contributed by atoms with van der Waals surface area (Å²) in [6.45, 7) is 0. The van der Waals surface area contributed by atoms with Gasteiger partial charge >= 0.3 is 0 Å². The number of ether oxygens (including phenoxy) is 1. The lowest BCUT2D eigenvalue weighted by atomic mass is 10.1.